The van der Waals surface area contributed by atoms with Crippen LogP contribution in [0.4, 0.5) is 0 Å². The van der Waals surface area contributed by atoms with Crippen molar-refractivity contribution in [3.63, 3.8) is 0 Å². The molecule has 0 aliphatic heterocycles. The van der Waals surface area contributed by atoms with E-state index in [1.54, 1.807) is 27.7 Å². The molecule has 0 aliphatic rings. The lowest BCUT2D eigenvalue weighted by molar-refractivity contribution is -0.144. The highest BCUT2D eigenvalue weighted by atomic mass is 32.1. The van der Waals surface area contributed by atoms with E-state index in [4.69, 9.17) is 10.8 Å². The second-order valence-corrected chi connectivity index (χ2v) is 8.09. The lowest BCUT2D eigenvalue weighted by Crippen LogP contribution is -2.59. The smallest absolute Gasteiger partial charge is 0.326 e. The fourth-order valence-corrected chi connectivity index (χ4v) is 2.78. The van der Waals surface area contributed by atoms with E-state index >= 15 is 0 Å². The van der Waals surface area contributed by atoms with Crippen LogP contribution in [-0.4, -0.2) is 69.8 Å². The summed E-state index contributed by atoms with van der Waals surface area (Å²) in [7, 11) is 0. The second kappa shape index (κ2) is 13.9. The van der Waals surface area contributed by atoms with Crippen molar-refractivity contribution >= 4 is 42.3 Å². The first kappa shape index (κ1) is 28.7. The molecular formula is C19H34N4O7S. The van der Waals surface area contributed by atoms with Gasteiger partial charge in [-0.1, -0.05) is 34.1 Å². The van der Waals surface area contributed by atoms with Gasteiger partial charge in [0.15, 0.2) is 0 Å². The molecular weight excluding hydrogens is 428 g/mol. The van der Waals surface area contributed by atoms with Crippen LogP contribution in [0.5, 0.6) is 0 Å². The fraction of sp³-hybridized carbons (Fsp3) is 0.737. The summed E-state index contributed by atoms with van der Waals surface area (Å²) in [6.07, 6.45) is -0.201. The van der Waals surface area contributed by atoms with E-state index in [1.165, 1.54) is 0 Å². The van der Waals surface area contributed by atoms with Crippen LogP contribution in [0, 0.1) is 11.8 Å². The van der Waals surface area contributed by atoms with Gasteiger partial charge in [0.1, 0.15) is 18.1 Å². The van der Waals surface area contributed by atoms with Gasteiger partial charge in [0.25, 0.3) is 0 Å². The molecule has 0 aliphatic carbocycles. The molecule has 31 heavy (non-hydrogen) atoms. The van der Waals surface area contributed by atoms with Gasteiger partial charge in [0.2, 0.25) is 17.7 Å². The number of carbonyl (C=O) groups is 5. The van der Waals surface area contributed by atoms with E-state index in [-0.39, 0.29) is 24.0 Å². The Bertz CT molecular complexity index is 659. The molecule has 0 spiro atoms. The Morgan fingerprint density at radius 2 is 1.45 bits per heavy atom. The van der Waals surface area contributed by atoms with Crippen LogP contribution in [-0.2, 0) is 24.0 Å². The molecule has 0 rings (SSSR count). The van der Waals surface area contributed by atoms with Gasteiger partial charge in [0.05, 0.1) is 6.04 Å². The summed E-state index contributed by atoms with van der Waals surface area (Å²) in [5, 5.41) is 25.6. The number of carbonyl (C=O) groups excluding carboxylic acids is 3. The van der Waals surface area contributed by atoms with E-state index < -0.39 is 60.2 Å². The summed E-state index contributed by atoms with van der Waals surface area (Å²) < 4.78 is 0. The highest BCUT2D eigenvalue weighted by Gasteiger charge is 2.33. The zero-order chi connectivity index (χ0) is 24.3. The number of carboxylic acids is 2. The maximum absolute atomic E-state index is 12.8. The van der Waals surface area contributed by atoms with Crippen LogP contribution >= 0.6 is 12.6 Å². The van der Waals surface area contributed by atoms with Crippen LogP contribution in [0.25, 0.3) is 0 Å². The highest BCUT2D eigenvalue weighted by Crippen LogP contribution is 2.10. The number of amides is 3. The molecule has 0 bridgehead atoms. The number of rotatable bonds is 14. The molecule has 178 valence electrons. The van der Waals surface area contributed by atoms with Gasteiger partial charge in [-0.25, -0.2) is 4.79 Å². The van der Waals surface area contributed by atoms with Gasteiger partial charge in [-0.2, -0.15) is 12.6 Å². The quantitative estimate of drug-likeness (QED) is 0.166. The molecule has 0 aromatic carbocycles. The van der Waals surface area contributed by atoms with Gasteiger partial charge in [-0.15, -0.1) is 0 Å². The normalized spacial score (nSPS) is 15.8. The lowest BCUT2D eigenvalue weighted by Gasteiger charge is -2.27. The number of nitrogens with one attached hydrogen (secondary N) is 3. The van der Waals surface area contributed by atoms with Crippen LogP contribution in [0.3, 0.4) is 0 Å². The van der Waals surface area contributed by atoms with E-state index in [0.717, 1.165) is 0 Å². The third-order valence-electron chi connectivity index (χ3n) is 4.84. The molecule has 5 atom stereocenters. The first-order valence-electron chi connectivity index (χ1n) is 10.1. The fourth-order valence-electron chi connectivity index (χ4n) is 2.61. The van der Waals surface area contributed by atoms with Crippen LogP contribution in [0.2, 0.25) is 0 Å². The van der Waals surface area contributed by atoms with Crippen molar-refractivity contribution in [2.75, 3.05) is 5.75 Å². The summed E-state index contributed by atoms with van der Waals surface area (Å²) in [6.45, 7) is 6.76. The summed E-state index contributed by atoms with van der Waals surface area (Å²) in [5.41, 5.74) is 5.62. The third-order valence-corrected chi connectivity index (χ3v) is 5.23. The third kappa shape index (κ3) is 10.0. The van der Waals surface area contributed by atoms with Crippen molar-refractivity contribution in [1.82, 2.24) is 16.0 Å². The van der Waals surface area contributed by atoms with Crippen molar-refractivity contribution in [2.45, 2.75) is 71.1 Å². The van der Waals surface area contributed by atoms with Crippen LogP contribution < -0.4 is 21.7 Å². The van der Waals surface area contributed by atoms with Crippen molar-refractivity contribution < 1.29 is 34.2 Å². The number of carboxylic acid groups (broad SMARTS) is 2. The van der Waals surface area contributed by atoms with Crippen molar-refractivity contribution in [1.29, 1.82) is 0 Å². The maximum Gasteiger partial charge on any atom is 0.326 e. The molecule has 0 saturated heterocycles. The molecule has 11 nitrogen and oxygen atoms in total. The summed E-state index contributed by atoms with van der Waals surface area (Å²) >= 11 is 3.94. The molecule has 0 fully saturated rings. The first-order valence-corrected chi connectivity index (χ1v) is 10.7. The number of hydrogen-bond acceptors (Lipinski definition) is 7. The monoisotopic (exact) mass is 462 g/mol. The van der Waals surface area contributed by atoms with E-state index in [0.29, 0.717) is 6.42 Å². The lowest BCUT2D eigenvalue weighted by atomic mass is 9.98. The van der Waals surface area contributed by atoms with Crippen LogP contribution in [0.1, 0.15) is 47.0 Å². The van der Waals surface area contributed by atoms with Crippen LogP contribution in [0.15, 0.2) is 0 Å². The summed E-state index contributed by atoms with van der Waals surface area (Å²) in [5.74, 6) is -5.24. The minimum Gasteiger partial charge on any atom is -0.481 e. The van der Waals surface area contributed by atoms with Gasteiger partial charge in [-0.05, 0) is 18.3 Å². The Hall–Kier alpha value is -2.34. The molecule has 0 heterocycles. The largest absolute Gasteiger partial charge is 0.481 e. The molecule has 0 radical (unpaired) electrons. The Kier molecular flexibility index (Phi) is 12.8. The van der Waals surface area contributed by atoms with Gasteiger partial charge >= 0.3 is 11.9 Å². The standard InChI is InChI=1S/C19H34N4O7S/c1-5-10(4)15(19(29)30)23-17(27)12(6-7-13(24)25)21-18(28)14(9(2)3)22-16(26)11(20)8-31/h9-12,14-15,31H,5-8,20H2,1-4H3,(H,21,28)(H,22,26)(H,23,27)(H,24,25)(H,29,30). The molecule has 0 aromatic heterocycles. The first-order chi connectivity index (χ1) is 14.3. The number of nitrogens with two attached hydrogens (primary N) is 1. The Labute approximate surface area is 187 Å². The highest BCUT2D eigenvalue weighted by molar-refractivity contribution is 7.80. The predicted octanol–water partition coefficient (Wildman–Crippen LogP) is -0.651. The van der Waals surface area contributed by atoms with E-state index in [9.17, 15) is 29.1 Å². The minimum absolute atomic E-state index is 0.0636. The summed E-state index contributed by atoms with van der Waals surface area (Å²) in [4.78, 5) is 60.0. The molecule has 5 unspecified atom stereocenters. The summed E-state index contributed by atoms with van der Waals surface area (Å²) in [6, 6.07) is -4.47. The predicted molar refractivity (Wildman–Crippen MR) is 116 cm³/mol. The Balaban J connectivity index is 5.52. The molecule has 12 heteroatoms. The maximum atomic E-state index is 12.8. The molecule has 0 saturated carbocycles. The van der Waals surface area contributed by atoms with Gasteiger partial charge in [-0.3, -0.25) is 19.2 Å². The van der Waals surface area contributed by atoms with E-state index in [1.807, 2.05) is 0 Å². The van der Waals surface area contributed by atoms with Crippen molar-refractivity contribution in [3.8, 4) is 0 Å². The second-order valence-electron chi connectivity index (χ2n) is 7.72. The van der Waals surface area contributed by atoms with Gasteiger partial charge in [0, 0.05) is 12.2 Å². The zero-order valence-electron chi connectivity index (χ0n) is 18.3. The minimum atomic E-state index is -1.30. The molecule has 7 N–H and O–H groups in total. The van der Waals surface area contributed by atoms with Gasteiger partial charge < -0.3 is 31.9 Å². The topological polar surface area (TPSA) is 188 Å². The Morgan fingerprint density at radius 1 is 0.903 bits per heavy atom. The SMILES string of the molecule is CCC(C)C(NC(=O)C(CCC(=O)O)NC(=O)C(NC(=O)C(N)CS)C(C)C)C(=O)O. The molecule has 3 amide bonds. The Morgan fingerprint density at radius 3 is 1.87 bits per heavy atom. The zero-order valence-corrected chi connectivity index (χ0v) is 19.1. The van der Waals surface area contributed by atoms with Crippen molar-refractivity contribution in [3.05, 3.63) is 0 Å². The number of hydrogen-bond donors (Lipinski definition) is 7. The molecule has 0 aromatic rings. The van der Waals surface area contributed by atoms with E-state index in [2.05, 4.69) is 28.6 Å². The number of thiol groups is 1. The van der Waals surface area contributed by atoms with Crippen molar-refractivity contribution in [2.24, 2.45) is 17.6 Å². The average molecular weight is 463 g/mol. The number of aliphatic carboxylic acids is 2. The average Bonchev–Trinajstić information content (AvgIpc) is 2.70.